The molecule has 2 amide bonds. The average molecular weight is 438 g/mol. The van der Waals surface area contributed by atoms with E-state index in [9.17, 15) is 9.59 Å². The second-order valence-electron chi connectivity index (χ2n) is 7.84. The van der Waals surface area contributed by atoms with Crippen LogP contribution in [0.15, 0.2) is 54.4 Å². The van der Waals surface area contributed by atoms with Crippen LogP contribution in [0.25, 0.3) is 10.4 Å². The Balaban J connectivity index is 1.53. The fraction of sp³-hybridized carbons (Fsp3) is 0.391. The van der Waals surface area contributed by atoms with E-state index in [4.69, 9.17) is 0 Å². The Morgan fingerprint density at radius 1 is 1.23 bits per heavy atom. The van der Waals surface area contributed by atoms with Gasteiger partial charge in [0, 0.05) is 31.1 Å². The van der Waals surface area contributed by atoms with E-state index < -0.39 is 0 Å². The summed E-state index contributed by atoms with van der Waals surface area (Å²) in [7, 11) is 0. The van der Waals surface area contributed by atoms with Crippen molar-refractivity contribution in [1.29, 1.82) is 0 Å². The lowest BCUT2D eigenvalue weighted by Gasteiger charge is -2.24. The Labute approximate surface area is 186 Å². The van der Waals surface area contributed by atoms with Gasteiger partial charge in [0.1, 0.15) is 19.2 Å². The van der Waals surface area contributed by atoms with Crippen molar-refractivity contribution in [2.24, 2.45) is 5.92 Å². The minimum absolute atomic E-state index is 0.0333. The third-order valence-electron chi connectivity index (χ3n) is 5.57. The molecule has 0 radical (unpaired) electrons. The number of amides is 2. The number of hydrogen-bond acceptors (Lipinski definition) is 5. The van der Waals surface area contributed by atoms with Crippen LogP contribution in [0.2, 0.25) is 0 Å². The first-order valence-electron chi connectivity index (χ1n) is 10.7. The number of benzene rings is 1. The molecule has 1 aliphatic heterocycles. The van der Waals surface area contributed by atoms with Gasteiger partial charge in [-0.1, -0.05) is 37.3 Å². The summed E-state index contributed by atoms with van der Waals surface area (Å²) >= 11 is 1.71. The lowest BCUT2D eigenvalue weighted by atomic mass is 9.96. The lowest BCUT2D eigenvalue weighted by molar-refractivity contribution is -0.135. The van der Waals surface area contributed by atoms with Crippen molar-refractivity contribution in [2.75, 3.05) is 26.2 Å². The standard InChI is InChI=1S/C23H27N5O2S/c1-2-8-26-9-10-27(22(29)15-28-17-24-16-25-28)14-20(23(26)30)13-18-5-3-6-19(12-18)21-7-4-11-31-21/h3-7,11-12,16-17,20H,2,8-10,13-15H2,1H3. The Hall–Kier alpha value is -3.00. The molecule has 31 heavy (non-hydrogen) atoms. The highest BCUT2D eigenvalue weighted by molar-refractivity contribution is 7.13. The summed E-state index contributed by atoms with van der Waals surface area (Å²) in [5.41, 5.74) is 2.28. The van der Waals surface area contributed by atoms with Crippen LogP contribution in [0.4, 0.5) is 0 Å². The van der Waals surface area contributed by atoms with Gasteiger partial charge in [0.05, 0.1) is 5.92 Å². The molecule has 0 aliphatic carbocycles. The molecule has 162 valence electrons. The second kappa shape index (κ2) is 9.87. The van der Waals surface area contributed by atoms with Gasteiger partial charge < -0.3 is 9.80 Å². The number of aromatic nitrogens is 3. The van der Waals surface area contributed by atoms with Gasteiger partial charge in [-0.25, -0.2) is 9.67 Å². The molecular formula is C23H27N5O2S. The number of thiophene rings is 1. The van der Waals surface area contributed by atoms with E-state index in [1.165, 1.54) is 22.2 Å². The third kappa shape index (κ3) is 5.19. The summed E-state index contributed by atoms with van der Waals surface area (Å²) in [6.45, 7) is 4.48. The maximum absolute atomic E-state index is 13.3. The molecule has 3 heterocycles. The van der Waals surface area contributed by atoms with Crippen LogP contribution in [0.1, 0.15) is 18.9 Å². The quantitative estimate of drug-likeness (QED) is 0.570. The van der Waals surface area contributed by atoms with Crippen LogP contribution >= 0.6 is 11.3 Å². The van der Waals surface area contributed by atoms with Crippen LogP contribution in [0.5, 0.6) is 0 Å². The number of rotatable bonds is 7. The van der Waals surface area contributed by atoms with Gasteiger partial charge in [0.2, 0.25) is 11.8 Å². The average Bonchev–Trinajstić information content (AvgIpc) is 3.46. The Bertz CT molecular complexity index is 1000. The van der Waals surface area contributed by atoms with E-state index in [-0.39, 0.29) is 24.3 Å². The lowest BCUT2D eigenvalue weighted by Crippen LogP contribution is -2.39. The smallest absolute Gasteiger partial charge is 0.244 e. The number of hydrogen-bond donors (Lipinski definition) is 0. The van der Waals surface area contributed by atoms with E-state index in [0.717, 1.165) is 24.1 Å². The van der Waals surface area contributed by atoms with Gasteiger partial charge in [0.15, 0.2) is 0 Å². The van der Waals surface area contributed by atoms with E-state index in [2.05, 4.69) is 46.7 Å². The van der Waals surface area contributed by atoms with Crippen LogP contribution in [0.3, 0.4) is 0 Å². The van der Waals surface area contributed by atoms with Gasteiger partial charge in [0.25, 0.3) is 0 Å². The van der Waals surface area contributed by atoms with E-state index in [1.807, 2.05) is 21.9 Å². The molecule has 4 rings (SSSR count). The molecule has 1 aromatic carbocycles. The zero-order valence-electron chi connectivity index (χ0n) is 17.7. The van der Waals surface area contributed by atoms with Gasteiger partial charge in [-0.15, -0.1) is 11.3 Å². The summed E-state index contributed by atoms with van der Waals surface area (Å²) in [4.78, 5) is 35.0. The molecule has 1 fully saturated rings. The molecule has 0 saturated carbocycles. The number of carbonyl (C=O) groups excluding carboxylic acids is 2. The van der Waals surface area contributed by atoms with Crippen LogP contribution in [-0.4, -0.2) is 62.6 Å². The predicted molar refractivity (Wildman–Crippen MR) is 120 cm³/mol. The van der Waals surface area contributed by atoms with Crippen molar-refractivity contribution in [3.05, 3.63) is 60.0 Å². The van der Waals surface area contributed by atoms with Crippen molar-refractivity contribution in [3.8, 4) is 10.4 Å². The number of nitrogens with zero attached hydrogens (tertiary/aromatic N) is 5. The van der Waals surface area contributed by atoms with E-state index in [0.29, 0.717) is 26.1 Å². The zero-order valence-corrected chi connectivity index (χ0v) is 18.5. The molecule has 0 N–H and O–H groups in total. The van der Waals surface area contributed by atoms with Crippen molar-refractivity contribution in [3.63, 3.8) is 0 Å². The highest BCUT2D eigenvalue weighted by Gasteiger charge is 2.32. The predicted octanol–water partition coefficient (Wildman–Crippen LogP) is 2.95. The summed E-state index contributed by atoms with van der Waals surface area (Å²) in [5, 5.41) is 6.10. The number of carbonyl (C=O) groups is 2. The highest BCUT2D eigenvalue weighted by Crippen LogP contribution is 2.27. The first-order chi connectivity index (χ1) is 15.1. The maximum Gasteiger partial charge on any atom is 0.244 e. The fourth-order valence-corrected chi connectivity index (χ4v) is 4.77. The summed E-state index contributed by atoms with van der Waals surface area (Å²) in [6, 6.07) is 12.5. The molecule has 2 aromatic heterocycles. The van der Waals surface area contributed by atoms with Gasteiger partial charge in [-0.2, -0.15) is 5.10 Å². The monoisotopic (exact) mass is 437 g/mol. The molecule has 0 spiro atoms. The maximum atomic E-state index is 13.3. The Morgan fingerprint density at radius 3 is 2.87 bits per heavy atom. The molecule has 1 saturated heterocycles. The molecule has 0 bridgehead atoms. The summed E-state index contributed by atoms with van der Waals surface area (Å²) < 4.78 is 1.53. The van der Waals surface area contributed by atoms with Crippen LogP contribution in [-0.2, 0) is 22.6 Å². The van der Waals surface area contributed by atoms with Crippen molar-refractivity contribution >= 4 is 23.2 Å². The highest BCUT2D eigenvalue weighted by atomic mass is 32.1. The third-order valence-corrected chi connectivity index (χ3v) is 6.49. The topological polar surface area (TPSA) is 71.3 Å². The molecule has 1 unspecified atom stereocenters. The van der Waals surface area contributed by atoms with Crippen molar-refractivity contribution in [1.82, 2.24) is 24.6 Å². The van der Waals surface area contributed by atoms with Crippen LogP contribution in [0, 0.1) is 5.92 Å². The van der Waals surface area contributed by atoms with E-state index in [1.54, 1.807) is 11.3 Å². The van der Waals surface area contributed by atoms with Gasteiger partial charge in [-0.05, 0) is 35.4 Å². The molecule has 1 atom stereocenters. The van der Waals surface area contributed by atoms with Crippen LogP contribution < -0.4 is 0 Å². The second-order valence-corrected chi connectivity index (χ2v) is 8.78. The normalized spacial score (nSPS) is 17.1. The molecule has 1 aliphatic rings. The zero-order chi connectivity index (χ0) is 21.6. The Morgan fingerprint density at radius 2 is 2.13 bits per heavy atom. The fourth-order valence-electron chi connectivity index (χ4n) is 4.05. The molecule has 3 aromatic rings. The molecular weight excluding hydrogens is 410 g/mol. The van der Waals surface area contributed by atoms with Crippen molar-refractivity contribution < 1.29 is 9.59 Å². The van der Waals surface area contributed by atoms with Crippen molar-refractivity contribution in [2.45, 2.75) is 26.3 Å². The Kier molecular flexibility index (Phi) is 6.76. The first-order valence-corrected chi connectivity index (χ1v) is 11.5. The van der Waals surface area contributed by atoms with Gasteiger partial charge in [-0.3, -0.25) is 9.59 Å². The first kappa shape index (κ1) is 21.2. The molecule has 8 heteroatoms. The minimum Gasteiger partial charge on any atom is -0.341 e. The SMILES string of the molecule is CCCN1CCN(C(=O)Cn2cncn2)CC(Cc2cccc(-c3cccs3)c2)C1=O. The minimum atomic E-state index is -0.257. The van der Waals surface area contributed by atoms with Gasteiger partial charge >= 0.3 is 0 Å². The van der Waals surface area contributed by atoms with E-state index >= 15 is 0 Å². The largest absolute Gasteiger partial charge is 0.341 e. The summed E-state index contributed by atoms with van der Waals surface area (Å²) in [6.07, 6.45) is 4.48. The molecule has 7 nitrogen and oxygen atoms in total. The summed E-state index contributed by atoms with van der Waals surface area (Å²) in [5.74, 6) is -0.152.